The maximum atomic E-state index is 13.1. The third-order valence-corrected chi connectivity index (χ3v) is 5.39. The van der Waals surface area contributed by atoms with Crippen molar-refractivity contribution in [2.24, 2.45) is 0 Å². The molecule has 0 saturated heterocycles. The quantitative estimate of drug-likeness (QED) is 0.836. The molecule has 0 saturated carbocycles. The summed E-state index contributed by atoms with van der Waals surface area (Å²) in [5.41, 5.74) is 0.853. The molecule has 0 unspecified atom stereocenters. The number of hydrogen-bond donors (Lipinski definition) is 0. The molecule has 1 aromatic heterocycles. The number of halogens is 3. The van der Waals surface area contributed by atoms with Gasteiger partial charge in [0.1, 0.15) is 0 Å². The zero-order valence-corrected chi connectivity index (χ0v) is 12.4. The van der Waals surface area contributed by atoms with Gasteiger partial charge in [0.15, 0.2) is 11.6 Å². The van der Waals surface area contributed by atoms with E-state index < -0.39 is 21.7 Å². The summed E-state index contributed by atoms with van der Waals surface area (Å²) < 4.78 is 51.9. The number of aromatic nitrogens is 2. The Morgan fingerprint density at radius 1 is 1.21 bits per heavy atom. The molecule has 1 heterocycles. The van der Waals surface area contributed by atoms with Crippen molar-refractivity contribution in [3.05, 3.63) is 45.7 Å². The largest absolute Gasteiger partial charge is 0.283 e. The van der Waals surface area contributed by atoms with Crippen LogP contribution in [0.1, 0.15) is 11.4 Å². The van der Waals surface area contributed by atoms with Gasteiger partial charge in [-0.3, -0.25) is 0 Å². The molecule has 4 nitrogen and oxygen atoms in total. The van der Waals surface area contributed by atoms with Crippen molar-refractivity contribution >= 4 is 26.0 Å². The van der Waals surface area contributed by atoms with Crippen LogP contribution in [0.2, 0.25) is 0 Å². The van der Waals surface area contributed by atoms with E-state index in [1.54, 1.807) is 13.8 Å². The van der Waals surface area contributed by atoms with E-state index in [0.717, 1.165) is 16.2 Å². The van der Waals surface area contributed by atoms with Gasteiger partial charge in [0.2, 0.25) is 0 Å². The number of hydrogen-bond acceptors (Lipinski definition) is 3. The van der Waals surface area contributed by atoms with Crippen molar-refractivity contribution in [3.8, 4) is 0 Å². The van der Waals surface area contributed by atoms with Gasteiger partial charge in [0.05, 0.1) is 20.8 Å². The normalized spacial score (nSPS) is 11.8. The second-order valence-corrected chi connectivity index (χ2v) is 6.47. The van der Waals surface area contributed by atoms with Crippen molar-refractivity contribution in [2.45, 2.75) is 18.7 Å². The van der Waals surface area contributed by atoms with Gasteiger partial charge in [-0.15, -0.1) is 0 Å². The molecule has 8 heteroatoms. The van der Waals surface area contributed by atoms with Crippen molar-refractivity contribution in [2.75, 3.05) is 0 Å². The molecule has 0 atom stereocenters. The predicted molar refractivity (Wildman–Crippen MR) is 68.3 cm³/mol. The first-order valence-electron chi connectivity index (χ1n) is 5.17. The standard InChI is InChI=1S/C11H9BrF2N2O2S/c1-6-11(12)7(2)16(15-6)19(17,18)8-3-4-9(13)10(14)5-8/h3-5H,1-2H3. The lowest BCUT2D eigenvalue weighted by atomic mass is 10.3. The van der Waals surface area contributed by atoms with Gasteiger partial charge >= 0.3 is 0 Å². The van der Waals surface area contributed by atoms with Crippen LogP contribution in [0.5, 0.6) is 0 Å². The summed E-state index contributed by atoms with van der Waals surface area (Å²) in [7, 11) is -4.04. The molecule has 0 aliphatic rings. The van der Waals surface area contributed by atoms with Gasteiger partial charge in [0, 0.05) is 0 Å². The Balaban J connectivity index is 2.65. The zero-order valence-electron chi connectivity index (χ0n) is 9.99. The molecule has 0 fully saturated rings. The lowest BCUT2D eigenvalue weighted by molar-refractivity contribution is 0.504. The summed E-state index contributed by atoms with van der Waals surface area (Å²) in [4.78, 5) is -0.357. The Labute approximate surface area is 117 Å². The predicted octanol–water partition coefficient (Wildman–Crippen LogP) is 2.78. The maximum Gasteiger partial charge on any atom is 0.283 e. The minimum absolute atomic E-state index is 0.357. The van der Waals surface area contributed by atoms with Crippen LogP contribution >= 0.6 is 15.9 Å². The molecule has 0 N–H and O–H groups in total. The van der Waals surface area contributed by atoms with Gasteiger partial charge in [-0.1, -0.05) is 0 Å². The van der Waals surface area contributed by atoms with E-state index in [9.17, 15) is 17.2 Å². The first-order chi connectivity index (χ1) is 8.75. The van der Waals surface area contributed by atoms with Crippen molar-refractivity contribution in [1.82, 2.24) is 9.19 Å². The second-order valence-electron chi connectivity index (χ2n) is 3.91. The van der Waals surface area contributed by atoms with Gasteiger partial charge in [-0.2, -0.15) is 17.6 Å². The molecule has 0 radical (unpaired) electrons. The van der Waals surface area contributed by atoms with E-state index >= 15 is 0 Å². The van der Waals surface area contributed by atoms with Gasteiger partial charge in [-0.05, 0) is 48.0 Å². The summed E-state index contributed by atoms with van der Waals surface area (Å²) in [5, 5.41) is 3.88. The Hall–Kier alpha value is -1.28. The van der Waals surface area contributed by atoms with Crippen LogP contribution in [0.4, 0.5) is 8.78 Å². The fourth-order valence-electron chi connectivity index (χ4n) is 1.57. The van der Waals surface area contributed by atoms with Crippen molar-refractivity contribution in [3.63, 3.8) is 0 Å². The number of rotatable bonds is 2. The molecule has 0 aliphatic carbocycles. The van der Waals surface area contributed by atoms with Gasteiger partial charge in [0.25, 0.3) is 10.0 Å². The summed E-state index contributed by atoms with van der Waals surface area (Å²) >= 11 is 3.21. The monoisotopic (exact) mass is 350 g/mol. The zero-order chi connectivity index (χ0) is 14.4. The van der Waals surface area contributed by atoms with Crippen molar-refractivity contribution in [1.29, 1.82) is 0 Å². The Morgan fingerprint density at radius 2 is 1.84 bits per heavy atom. The third kappa shape index (κ3) is 2.30. The maximum absolute atomic E-state index is 13.1. The number of benzene rings is 1. The highest BCUT2D eigenvalue weighted by molar-refractivity contribution is 9.10. The lowest BCUT2D eigenvalue weighted by Crippen LogP contribution is -2.16. The molecule has 0 bridgehead atoms. The minimum atomic E-state index is -4.04. The van der Waals surface area contributed by atoms with E-state index in [0.29, 0.717) is 21.9 Å². The van der Waals surface area contributed by atoms with Crippen LogP contribution in [0.25, 0.3) is 0 Å². The summed E-state index contributed by atoms with van der Waals surface area (Å²) in [5.74, 6) is -2.32. The molecule has 0 aliphatic heterocycles. The number of aryl methyl sites for hydroxylation is 1. The topological polar surface area (TPSA) is 52.0 Å². The van der Waals surface area contributed by atoms with Crippen LogP contribution in [0, 0.1) is 25.5 Å². The van der Waals surface area contributed by atoms with Crippen LogP contribution in [0.15, 0.2) is 27.6 Å². The lowest BCUT2D eigenvalue weighted by Gasteiger charge is -2.06. The summed E-state index contributed by atoms with van der Waals surface area (Å²) in [6.07, 6.45) is 0. The average molecular weight is 351 g/mol. The molecule has 0 amide bonds. The smallest absolute Gasteiger partial charge is 0.204 e. The van der Waals surface area contributed by atoms with E-state index in [1.165, 1.54) is 0 Å². The summed E-state index contributed by atoms with van der Waals surface area (Å²) in [6, 6.07) is 2.40. The van der Waals surface area contributed by atoms with Crippen LogP contribution in [-0.2, 0) is 10.0 Å². The van der Waals surface area contributed by atoms with E-state index in [4.69, 9.17) is 0 Å². The molecule has 2 aromatic rings. The van der Waals surface area contributed by atoms with Crippen LogP contribution < -0.4 is 0 Å². The van der Waals surface area contributed by atoms with E-state index in [2.05, 4.69) is 21.0 Å². The summed E-state index contributed by atoms with van der Waals surface area (Å²) in [6.45, 7) is 3.19. The molecular weight excluding hydrogens is 342 g/mol. The highest BCUT2D eigenvalue weighted by Gasteiger charge is 2.23. The first kappa shape index (κ1) is 14.1. The minimum Gasteiger partial charge on any atom is -0.204 e. The molecular formula is C11H9BrF2N2O2S. The second kappa shape index (κ2) is 4.68. The van der Waals surface area contributed by atoms with Crippen LogP contribution in [-0.4, -0.2) is 17.6 Å². The Kier molecular flexibility index (Phi) is 3.48. The van der Waals surface area contributed by atoms with Crippen LogP contribution in [0.3, 0.4) is 0 Å². The fraction of sp³-hybridized carbons (Fsp3) is 0.182. The van der Waals surface area contributed by atoms with E-state index in [-0.39, 0.29) is 4.90 Å². The third-order valence-electron chi connectivity index (χ3n) is 2.58. The molecule has 102 valence electrons. The molecule has 0 spiro atoms. The van der Waals surface area contributed by atoms with Gasteiger partial charge < -0.3 is 0 Å². The van der Waals surface area contributed by atoms with Crippen molar-refractivity contribution < 1.29 is 17.2 Å². The average Bonchev–Trinajstić information content (AvgIpc) is 2.61. The Morgan fingerprint density at radius 3 is 2.32 bits per heavy atom. The SMILES string of the molecule is Cc1nn(S(=O)(=O)c2ccc(F)c(F)c2)c(C)c1Br. The highest BCUT2D eigenvalue weighted by Crippen LogP contribution is 2.24. The number of nitrogens with zero attached hydrogens (tertiary/aromatic N) is 2. The Bertz CT molecular complexity index is 756. The highest BCUT2D eigenvalue weighted by atomic mass is 79.9. The fourth-order valence-corrected chi connectivity index (χ4v) is 3.31. The van der Waals surface area contributed by atoms with E-state index in [1.807, 2.05) is 0 Å². The molecule has 2 rings (SSSR count). The molecule has 1 aromatic carbocycles. The first-order valence-corrected chi connectivity index (χ1v) is 7.41. The molecule has 19 heavy (non-hydrogen) atoms. The van der Waals surface area contributed by atoms with Gasteiger partial charge in [-0.25, -0.2) is 8.78 Å².